The van der Waals surface area contributed by atoms with Gasteiger partial charge in [-0.25, -0.2) is 4.68 Å². The van der Waals surface area contributed by atoms with Crippen molar-refractivity contribution in [1.82, 2.24) is 20.0 Å². The molecule has 0 spiro atoms. The third kappa shape index (κ3) is 2.44. The van der Waals surface area contributed by atoms with Gasteiger partial charge in [0.1, 0.15) is 5.82 Å². The minimum atomic E-state index is -0.183. The molecule has 1 amide bonds. The number of rotatable bonds is 3. The highest BCUT2D eigenvalue weighted by molar-refractivity contribution is 6.03. The number of amides is 1. The molecule has 0 unspecified atom stereocenters. The number of nitrogens with one attached hydrogen (secondary N) is 2. The Labute approximate surface area is 115 Å². The monoisotopic (exact) mass is 267 g/mol. The third-order valence-electron chi connectivity index (χ3n) is 2.85. The second-order valence-corrected chi connectivity index (χ2v) is 4.43. The van der Waals surface area contributed by atoms with E-state index in [0.29, 0.717) is 11.4 Å². The minimum Gasteiger partial charge on any atom is -0.307 e. The van der Waals surface area contributed by atoms with Crippen molar-refractivity contribution in [3.63, 3.8) is 0 Å². The molecule has 2 N–H and O–H groups in total. The van der Waals surface area contributed by atoms with E-state index in [9.17, 15) is 4.79 Å². The number of carbonyl (C=O) groups is 1. The highest BCUT2D eigenvalue weighted by Gasteiger charge is 2.07. The van der Waals surface area contributed by atoms with Crippen LogP contribution in [0.1, 0.15) is 15.9 Å². The van der Waals surface area contributed by atoms with Crippen molar-refractivity contribution in [3.05, 3.63) is 60.0 Å². The van der Waals surface area contributed by atoms with Crippen LogP contribution < -0.4 is 5.32 Å². The van der Waals surface area contributed by atoms with Gasteiger partial charge >= 0.3 is 0 Å². The molecule has 0 aliphatic carbocycles. The van der Waals surface area contributed by atoms with Crippen molar-refractivity contribution in [2.45, 2.75) is 6.92 Å². The zero-order valence-corrected chi connectivity index (χ0v) is 10.9. The van der Waals surface area contributed by atoms with Crippen LogP contribution >= 0.6 is 0 Å². The maximum absolute atomic E-state index is 12.0. The first-order chi connectivity index (χ1) is 9.72. The van der Waals surface area contributed by atoms with E-state index in [1.54, 1.807) is 35.3 Å². The number of aromatic amines is 1. The summed E-state index contributed by atoms with van der Waals surface area (Å²) in [7, 11) is 0. The van der Waals surface area contributed by atoms with E-state index >= 15 is 0 Å². The van der Waals surface area contributed by atoms with Crippen LogP contribution in [0.25, 0.3) is 5.69 Å². The van der Waals surface area contributed by atoms with Crippen LogP contribution in [0.4, 0.5) is 5.82 Å². The molecule has 0 fully saturated rings. The number of hydrogen-bond donors (Lipinski definition) is 2. The summed E-state index contributed by atoms with van der Waals surface area (Å²) in [6.45, 7) is 1.98. The molecule has 0 saturated heterocycles. The predicted octanol–water partition coefficient (Wildman–Crippen LogP) is 2.16. The maximum atomic E-state index is 12.0. The summed E-state index contributed by atoms with van der Waals surface area (Å²) in [4.78, 5) is 12.0. The van der Waals surface area contributed by atoms with Crippen molar-refractivity contribution in [3.8, 4) is 5.69 Å². The lowest BCUT2D eigenvalue weighted by Gasteiger charge is -2.04. The lowest BCUT2D eigenvalue weighted by molar-refractivity contribution is 0.102. The van der Waals surface area contributed by atoms with Crippen LogP contribution in [-0.4, -0.2) is 25.9 Å². The smallest absolute Gasteiger partial charge is 0.256 e. The number of aromatic nitrogens is 4. The highest BCUT2D eigenvalue weighted by Crippen LogP contribution is 2.11. The fraction of sp³-hybridized carbons (Fsp3) is 0.0714. The molecule has 2 heterocycles. The first-order valence-corrected chi connectivity index (χ1v) is 6.15. The SMILES string of the molecule is Cc1cnn(-c2ccc(C(=O)Nc3ccn[nH]3)cc2)c1. The van der Waals surface area contributed by atoms with E-state index in [2.05, 4.69) is 20.6 Å². The number of carbonyl (C=O) groups excluding carboxylic acids is 1. The number of benzene rings is 1. The average Bonchev–Trinajstić information content (AvgIpc) is 3.10. The maximum Gasteiger partial charge on any atom is 0.256 e. The molecule has 6 heteroatoms. The zero-order valence-electron chi connectivity index (χ0n) is 10.9. The van der Waals surface area contributed by atoms with Crippen LogP contribution in [0, 0.1) is 6.92 Å². The van der Waals surface area contributed by atoms with Crippen molar-refractivity contribution in [2.24, 2.45) is 0 Å². The summed E-state index contributed by atoms with van der Waals surface area (Å²) in [5.74, 6) is 0.388. The van der Waals surface area contributed by atoms with Crippen molar-refractivity contribution in [2.75, 3.05) is 5.32 Å². The largest absolute Gasteiger partial charge is 0.307 e. The Morgan fingerprint density at radius 1 is 1.25 bits per heavy atom. The van der Waals surface area contributed by atoms with Crippen molar-refractivity contribution < 1.29 is 4.79 Å². The molecule has 0 aliphatic rings. The van der Waals surface area contributed by atoms with Crippen LogP contribution in [-0.2, 0) is 0 Å². The second-order valence-electron chi connectivity index (χ2n) is 4.43. The molecule has 0 saturated carbocycles. The molecule has 3 rings (SSSR count). The minimum absolute atomic E-state index is 0.183. The third-order valence-corrected chi connectivity index (χ3v) is 2.85. The molecule has 3 aromatic rings. The number of hydrogen-bond acceptors (Lipinski definition) is 3. The number of H-pyrrole nitrogens is 1. The van der Waals surface area contributed by atoms with Gasteiger partial charge in [-0.3, -0.25) is 9.89 Å². The van der Waals surface area contributed by atoms with E-state index < -0.39 is 0 Å². The normalized spacial score (nSPS) is 10.4. The average molecular weight is 267 g/mol. The molecule has 0 bridgehead atoms. The quantitative estimate of drug-likeness (QED) is 0.763. The lowest BCUT2D eigenvalue weighted by atomic mass is 10.2. The topological polar surface area (TPSA) is 75.6 Å². The predicted molar refractivity (Wildman–Crippen MR) is 74.8 cm³/mol. The summed E-state index contributed by atoms with van der Waals surface area (Å²) in [6, 6.07) is 8.93. The Balaban J connectivity index is 1.77. The molecule has 100 valence electrons. The number of aryl methyl sites for hydroxylation is 1. The second kappa shape index (κ2) is 5.00. The Morgan fingerprint density at radius 2 is 2.05 bits per heavy atom. The van der Waals surface area contributed by atoms with E-state index in [0.717, 1.165) is 11.3 Å². The summed E-state index contributed by atoms with van der Waals surface area (Å²) in [6.07, 6.45) is 5.30. The van der Waals surface area contributed by atoms with Gasteiger partial charge in [0.25, 0.3) is 5.91 Å². The van der Waals surface area contributed by atoms with E-state index in [-0.39, 0.29) is 5.91 Å². The van der Waals surface area contributed by atoms with Crippen LogP contribution in [0.2, 0.25) is 0 Å². The molecule has 1 aromatic carbocycles. The Bertz CT molecular complexity index is 712. The highest BCUT2D eigenvalue weighted by atomic mass is 16.1. The molecule has 0 aliphatic heterocycles. The van der Waals surface area contributed by atoms with Crippen LogP contribution in [0.5, 0.6) is 0 Å². The van der Waals surface area contributed by atoms with Crippen molar-refractivity contribution in [1.29, 1.82) is 0 Å². The first kappa shape index (κ1) is 12.2. The number of anilines is 1. The van der Waals surface area contributed by atoms with Crippen LogP contribution in [0.3, 0.4) is 0 Å². The molecule has 20 heavy (non-hydrogen) atoms. The zero-order chi connectivity index (χ0) is 13.9. The summed E-state index contributed by atoms with van der Waals surface area (Å²) >= 11 is 0. The van der Waals surface area contributed by atoms with E-state index in [4.69, 9.17) is 0 Å². The Hall–Kier alpha value is -2.89. The standard InChI is InChI=1S/C14H13N5O/c1-10-8-16-19(9-10)12-4-2-11(3-5-12)14(20)17-13-6-7-15-18-13/h2-9H,1H3,(H2,15,17,18,20). The van der Waals surface area contributed by atoms with Crippen molar-refractivity contribution >= 4 is 11.7 Å². The van der Waals surface area contributed by atoms with E-state index in [1.165, 1.54) is 0 Å². The molecule has 0 radical (unpaired) electrons. The lowest BCUT2D eigenvalue weighted by Crippen LogP contribution is -2.12. The van der Waals surface area contributed by atoms with Gasteiger partial charge in [0.15, 0.2) is 0 Å². The van der Waals surface area contributed by atoms with Gasteiger partial charge < -0.3 is 5.32 Å². The Kier molecular flexibility index (Phi) is 3.04. The fourth-order valence-corrected chi connectivity index (χ4v) is 1.84. The molecule has 0 atom stereocenters. The van der Waals surface area contributed by atoms with Gasteiger partial charge in [0.2, 0.25) is 0 Å². The first-order valence-electron chi connectivity index (χ1n) is 6.15. The Morgan fingerprint density at radius 3 is 2.65 bits per heavy atom. The van der Waals surface area contributed by atoms with E-state index in [1.807, 2.05) is 25.3 Å². The van der Waals surface area contributed by atoms with Gasteiger partial charge in [-0.15, -0.1) is 0 Å². The number of nitrogens with zero attached hydrogens (tertiary/aromatic N) is 3. The summed E-state index contributed by atoms with van der Waals surface area (Å²) in [5, 5.41) is 13.4. The molecule has 2 aromatic heterocycles. The van der Waals surface area contributed by atoms with Crippen LogP contribution in [0.15, 0.2) is 48.9 Å². The molecule has 6 nitrogen and oxygen atoms in total. The van der Waals surface area contributed by atoms with Gasteiger partial charge in [-0.2, -0.15) is 10.2 Å². The summed E-state index contributed by atoms with van der Waals surface area (Å²) < 4.78 is 1.77. The van der Waals surface area contributed by atoms with Gasteiger partial charge in [-0.05, 0) is 36.8 Å². The van der Waals surface area contributed by atoms with Gasteiger partial charge in [0.05, 0.1) is 18.1 Å². The van der Waals surface area contributed by atoms with Gasteiger partial charge in [0, 0.05) is 17.8 Å². The van der Waals surface area contributed by atoms with Gasteiger partial charge in [-0.1, -0.05) is 0 Å². The molecular formula is C14H13N5O. The summed E-state index contributed by atoms with van der Waals surface area (Å²) in [5.41, 5.74) is 2.58. The fourth-order valence-electron chi connectivity index (χ4n) is 1.84. The molecular weight excluding hydrogens is 254 g/mol.